The van der Waals surface area contributed by atoms with Crippen molar-refractivity contribution in [3.63, 3.8) is 0 Å². The number of nitrogens with zero attached hydrogens (tertiary/aromatic N) is 5. The van der Waals surface area contributed by atoms with E-state index in [9.17, 15) is 9.59 Å². The molecular formula is C32H41N5O6. The van der Waals surface area contributed by atoms with Gasteiger partial charge in [0, 0.05) is 13.0 Å². The number of carbonyl (C=O) groups is 2. The summed E-state index contributed by atoms with van der Waals surface area (Å²) in [7, 11) is 2.04. The number of fused-ring (bicyclic) bond motifs is 2. The van der Waals surface area contributed by atoms with Gasteiger partial charge in [-0.15, -0.1) is 6.42 Å². The Hall–Kier alpha value is -2.91. The number of ketones is 2. The lowest BCUT2D eigenvalue weighted by atomic mass is 9.57. The smallest absolute Gasteiger partial charge is 0.229 e. The molecule has 5 atom stereocenters. The summed E-state index contributed by atoms with van der Waals surface area (Å²) in [4.78, 5) is 40.3. The molecule has 2 unspecified atom stereocenters. The van der Waals surface area contributed by atoms with Gasteiger partial charge in [0.15, 0.2) is 29.5 Å². The van der Waals surface area contributed by atoms with E-state index in [1.165, 1.54) is 0 Å². The van der Waals surface area contributed by atoms with Crippen LogP contribution in [0.4, 0.5) is 0 Å². The normalized spacial score (nSPS) is 31.9. The van der Waals surface area contributed by atoms with Crippen molar-refractivity contribution >= 4 is 22.6 Å². The topological polar surface area (TPSA) is 118 Å². The van der Waals surface area contributed by atoms with Gasteiger partial charge in [-0.1, -0.05) is 18.8 Å². The number of rotatable bonds is 6. The molecule has 0 amide bonds. The molecular weight excluding hydrogens is 550 g/mol. The van der Waals surface area contributed by atoms with Crippen molar-refractivity contribution in [1.29, 1.82) is 0 Å². The number of Topliss-reactive ketones (excluding diaryl/α,β-unsaturated/α-hetero) is 2. The van der Waals surface area contributed by atoms with Gasteiger partial charge in [0.05, 0.1) is 36.8 Å². The highest BCUT2D eigenvalue weighted by molar-refractivity contribution is 6.12. The van der Waals surface area contributed by atoms with Crippen molar-refractivity contribution in [2.24, 2.45) is 11.3 Å². The molecule has 0 N–H and O–H groups in total. The average Bonchev–Trinajstić information content (AvgIpc) is 3.79. The molecule has 5 aliphatic rings. The summed E-state index contributed by atoms with van der Waals surface area (Å²) in [5.74, 6) is 0.641. The van der Waals surface area contributed by atoms with E-state index < -0.39 is 29.0 Å². The molecule has 2 spiro atoms. The zero-order valence-corrected chi connectivity index (χ0v) is 25.0. The number of likely N-dealkylation sites (N-methyl/N-ethyl adjacent to an activating group) is 1. The lowest BCUT2D eigenvalue weighted by Crippen LogP contribution is -2.60. The van der Waals surface area contributed by atoms with Crippen LogP contribution in [0.5, 0.6) is 5.88 Å². The maximum Gasteiger partial charge on any atom is 0.229 e. The Labute approximate surface area is 252 Å². The van der Waals surface area contributed by atoms with Gasteiger partial charge in [-0.25, -0.2) is 9.67 Å². The molecule has 3 saturated heterocycles. The zero-order valence-electron chi connectivity index (χ0n) is 25.0. The Morgan fingerprint density at radius 2 is 1.86 bits per heavy atom. The van der Waals surface area contributed by atoms with Crippen LogP contribution in [0, 0.1) is 23.7 Å². The summed E-state index contributed by atoms with van der Waals surface area (Å²) in [5, 5.41) is 5.17. The third kappa shape index (κ3) is 4.78. The van der Waals surface area contributed by atoms with Gasteiger partial charge in [0.1, 0.15) is 5.39 Å². The summed E-state index contributed by atoms with van der Waals surface area (Å²) in [6.45, 7) is 2.50. The second kappa shape index (κ2) is 11.5. The molecule has 3 aliphatic heterocycles. The highest BCUT2D eigenvalue weighted by Crippen LogP contribution is 2.56. The predicted octanol–water partition coefficient (Wildman–Crippen LogP) is 3.86. The van der Waals surface area contributed by atoms with E-state index in [0.29, 0.717) is 56.5 Å². The Balaban J connectivity index is 1.27. The third-order valence-electron chi connectivity index (χ3n) is 10.4. The zero-order chi connectivity index (χ0) is 29.6. The molecule has 11 nitrogen and oxygen atoms in total. The Morgan fingerprint density at radius 3 is 2.60 bits per heavy atom. The van der Waals surface area contributed by atoms with Crippen molar-refractivity contribution in [3.05, 3.63) is 12.0 Å². The van der Waals surface area contributed by atoms with Gasteiger partial charge < -0.3 is 18.9 Å². The van der Waals surface area contributed by atoms with Crippen LogP contribution in [0.15, 0.2) is 6.20 Å². The van der Waals surface area contributed by atoms with Gasteiger partial charge in [-0.2, -0.15) is 10.1 Å². The van der Waals surface area contributed by atoms with E-state index >= 15 is 0 Å². The summed E-state index contributed by atoms with van der Waals surface area (Å²) >= 11 is 0. The van der Waals surface area contributed by atoms with Crippen molar-refractivity contribution in [2.75, 3.05) is 33.4 Å². The molecule has 0 radical (unpaired) electrons. The van der Waals surface area contributed by atoms with Gasteiger partial charge in [-0.05, 0) is 71.4 Å². The molecule has 7 rings (SSSR count). The molecule has 43 heavy (non-hydrogen) atoms. The first-order valence-electron chi connectivity index (χ1n) is 16.0. The molecule has 2 aliphatic carbocycles. The molecule has 5 fully saturated rings. The SMILES string of the molecule is C#C[C@H](Oc1nc(C(=O)C2CCC[C@@]3(CCCCC34OCCO4)C2=O)nc2c1cnn2C1CCCCO1)[C@@H]1CCCN1C. The molecule has 0 aromatic carbocycles. The van der Waals surface area contributed by atoms with Gasteiger partial charge in [0.2, 0.25) is 17.5 Å². The number of hydrogen-bond donors (Lipinski definition) is 0. The standard InChI is InChI=1S/C32H41N5O6/c1-3-24(23-11-9-16-36(23)2)43-30-22-20-33-37(25-12-4-7-17-40-25)29(22)34-28(35-30)26(38)21-10-8-14-31(27(21)39)13-5-6-15-32(31)41-18-19-42-32/h1,20-21,23-25H,4-19H2,2H3/t21?,23-,24-,25?,31-/m0/s1. The fraction of sp³-hybridized carbons (Fsp3) is 0.719. The predicted molar refractivity (Wildman–Crippen MR) is 155 cm³/mol. The molecule has 2 aromatic rings. The third-order valence-corrected chi connectivity index (χ3v) is 10.4. The van der Waals surface area contributed by atoms with Gasteiger partial charge in [0.25, 0.3) is 0 Å². The minimum Gasteiger partial charge on any atom is -0.459 e. The molecule has 230 valence electrons. The van der Waals surface area contributed by atoms with E-state index in [2.05, 4.69) is 20.9 Å². The van der Waals surface area contributed by atoms with E-state index in [0.717, 1.165) is 57.9 Å². The van der Waals surface area contributed by atoms with Crippen LogP contribution in [-0.2, 0) is 19.0 Å². The van der Waals surface area contributed by atoms with Crippen LogP contribution in [0.3, 0.4) is 0 Å². The summed E-state index contributed by atoms with van der Waals surface area (Å²) < 4.78 is 26.5. The van der Waals surface area contributed by atoms with E-state index in [-0.39, 0.29) is 29.8 Å². The summed E-state index contributed by atoms with van der Waals surface area (Å²) in [6, 6.07) is 0.0274. The van der Waals surface area contributed by atoms with E-state index in [4.69, 9.17) is 30.4 Å². The fourth-order valence-electron chi connectivity index (χ4n) is 8.21. The number of aromatic nitrogens is 4. The Bertz CT molecular complexity index is 1420. The van der Waals surface area contributed by atoms with Crippen LogP contribution < -0.4 is 4.74 Å². The van der Waals surface area contributed by atoms with Crippen LogP contribution in [0.25, 0.3) is 11.0 Å². The van der Waals surface area contributed by atoms with Crippen molar-refractivity contribution in [2.45, 2.75) is 101 Å². The van der Waals surface area contributed by atoms with Crippen molar-refractivity contribution in [3.8, 4) is 18.2 Å². The van der Waals surface area contributed by atoms with Gasteiger partial charge in [-0.3, -0.25) is 14.5 Å². The van der Waals surface area contributed by atoms with Gasteiger partial charge >= 0.3 is 0 Å². The second-order valence-electron chi connectivity index (χ2n) is 12.8. The first-order chi connectivity index (χ1) is 21.0. The number of terminal acetylenes is 1. The largest absolute Gasteiger partial charge is 0.459 e. The molecule has 2 saturated carbocycles. The fourth-order valence-corrected chi connectivity index (χ4v) is 8.21. The maximum atomic E-state index is 14.4. The quantitative estimate of drug-likeness (QED) is 0.278. The Kier molecular flexibility index (Phi) is 7.74. The number of hydrogen-bond acceptors (Lipinski definition) is 10. The Morgan fingerprint density at radius 1 is 1.05 bits per heavy atom. The number of carbonyl (C=O) groups excluding carboxylic acids is 2. The number of likely N-dealkylation sites (tertiary alicyclic amines) is 1. The van der Waals surface area contributed by atoms with E-state index in [1.54, 1.807) is 10.9 Å². The molecule has 2 aromatic heterocycles. The van der Waals surface area contributed by atoms with E-state index in [1.807, 2.05) is 7.05 Å². The lowest BCUT2D eigenvalue weighted by Gasteiger charge is -2.51. The first kappa shape index (κ1) is 28.8. The second-order valence-corrected chi connectivity index (χ2v) is 12.8. The van der Waals surface area contributed by atoms with Crippen LogP contribution in [0.1, 0.15) is 93.9 Å². The van der Waals surface area contributed by atoms with Crippen LogP contribution in [0.2, 0.25) is 0 Å². The van der Waals surface area contributed by atoms with Crippen molar-refractivity contribution < 1.29 is 28.5 Å². The molecule has 11 heteroatoms. The molecule has 5 heterocycles. The maximum absolute atomic E-state index is 14.4. The lowest BCUT2D eigenvalue weighted by molar-refractivity contribution is -0.255. The monoisotopic (exact) mass is 591 g/mol. The first-order valence-corrected chi connectivity index (χ1v) is 16.0. The van der Waals surface area contributed by atoms with Crippen LogP contribution in [-0.4, -0.2) is 87.6 Å². The average molecular weight is 592 g/mol. The summed E-state index contributed by atoms with van der Waals surface area (Å²) in [6.07, 6.45) is 16.5. The molecule has 0 bridgehead atoms. The van der Waals surface area contributed by atoms with Crippen LogP contribution >= 0.6 is 0 Å². The van der Waals surface area contributed by atoms with Crippen molar-refractivity contribution in [1.82, 2.24) is 24.6 Å². The highest BCUT2D eigenvalue weighted by atomic mass is 16.7. The summed E-state index contributed by atoms with van der Waals surface area (Å²) in [5.41, 5.74) is -0.381. The minimum atomic E-state index is -0.940. The number of ether oxygens (including phenoxy) is 4. The highest BCUT2D eigenvalue weighted by Gasteiger charge is 2.63. The minimum absolute atomic E-state index is 0.0274.